The normalized spacial score (nSPS) is 27.9. The molecule has 90 valence electrons. The van der Waals surface area contributed by atoms with Crippen LogP contribution in [0.5, 0.6) is 0 Å². The second-order valence-electron chi connectivity index (χ2n) is 5.06. The molecule has 0 aliphatic heterocycles. The van der Waals surface area contributed by atoms with Gasteiger partial charge in [-0.15, -0.1) is 5.10 Å². The molecule has 2 rings (SSSR count). The van der Waals surface area contributed by atoms with Crippen molar-refractivity contribution in [1.29, 1.82) is 0 Å². The molecule has 0 amide bonds. The van der Waals surface area contributed by atoms with Crippen molar-refractivity contribution in [3.8, 4) is 0 Å². The predicted molar refractivity (Wildman–Crippen MR) is 63.9 cm³/mol. The van der Waals surface area contributed by atoms with E-state index in [1.165, 1.54) is 25.7 Å². The molecule has 4 heteroatoms. The van der Waals surface area contributed by atoms with Gasteiger partial charge in [0, 0.05) is 0 Å². The van der Waals surface area contributed by atoms with Crippen molar-refractivity contribution in [3.63, 3.8) is 0 Å². The maximum atomic E-state index is 5.95. The molecule has 2 N–H and O–H groups in total. The van der Waals surface area contributed by atoms with Gasteiger partial charge in [0.05, 0.1) is 24.0 Å². The SMILES string of the molecule is CCC(N)c1cn(C2CCCC(C)C2)nn1. The van der Waals surface area contributed by atoms with Crippen molar-refractivity contribution in [3.05, 3.63) is 11.9 Å². The highest BCUT2D eigenvalue weighted by Gasteiger charge is 2.21. The molecule has 1 fully saturated rings. The van der Waals surface area contributed by atoms with Crippen molar-refractivity contribution in [2.45, 2.75) is 58.0 Å². The smallest absolute Gasteiger partial charge is 0.0994 e. The Labute approximate surface area is 97.2 Å². The zero-order valence-electron chi connectivity index (χ0n) is 10.3. The summed E-state index contributed by atoms with van der Waals surface area (Å²) >= 11 is 0. The van der Waals surface area contributed by atoms with Gasteiger partial charge in [0.2, 0.25) is 0 Å². The maximum Gasteiger partial charge on any atom is 0.0994 e. The molecule has 0 saturated heterocycles. The van der Waals surface area contributed by atoms with E-state index in [2.05, 4.69) is 24.2 Å². The largest absolute Gasteiger partial charge is 0.323 e. The lowest BCUT2D eigenvalue weighted by Gasteiger charge is -2.26. The van der Waals surface area contributed by atoms with Crippen LogP contribution in [0.4, 0.5) is 0 Å². The van der Waals surface area contributed by atoms with E-state index in [9.17, 15) is 0 Å². The van der Waals surface area contributed by atoms with E-state index in [1.807, 2.05) is 10.9 Å². The Balaban J connectivity index is 2.06. The van der Waals surface area contributed by atoms with Gasteiger partial charge in [-0.3, -0.25) is 0 Å². The second-order valence-corrected chi connectivity index (χ2v) is 5.06. The first-order valence-corrected chi connectivity index (χ1v) is 6.38. The van der Waals surface area contributed by atoms with E-state index >= 15 is 0 Å². The zero-order valence-corrected chi connectivity index (χ0v) is 10.3. The minimum absolute atomic E-state index is 0.0368. The Morgan fingerprint density at radius 2 is 2.38 bits per heavy atom. The third-order valence-electron chi connectivity index (χ3n) is 3.63. The van der Waals surface area contributed by atoms with Gasteiger partial charge < -0.3 is 5.73 Å². The van der Waals surface area contributed by atoms with Gasteiger partial charge >= 0.3 is 0 Å². The number of rotatable bonds is 3. The molecule has 0 radical (unpaired) electrons. The number of nitrogens with zero attached hydrogens (tertiary/aromatic N) is 3. The van der Waals surface area contributed by atoms with Crippen LogP contribution in [-0.2, 0) is 0 Å². The van der Waals surface area contributed by atoms with Gasteiger partial charge in [-0.25, -0.2) is 4.68 Å². The van der Waals surface area contributed by atoms with Gasteiger partial charge in [-0.1, -0.05) is 31.9 Å². The number of aromatic nitrogens is 3. The van der Waals surface area contributed by atoms with E-state index in [0.717, 1.165) is 18.0 Å². The summed E-state index contributed by atoms with van der Waals surface area (Å²) < 4.78 is 2.03. The number of hydrogen-bond acceptors (Lipinski definition) is 3. The standard InChI is InChI=1S/C12H22N4/c1-3-11(13)12-8-16(15-14-12)10-6-4-5-9(2)7-10/h8-11H,3-7,13H2,1-2H3. The Morgan fingerprint density at radius 3 is 3.06 bits per heavy atom. The van der Waals surface area contributed by atoms with E-state index < -0.39 is 0 Å². The highest BCUT2D eigenvalue weighted by molar-refractivity contribution is 5.00. The molecule has 1 saturated carbocycles. The van der Waals surface area contributed by atoms with Crippen LogP contribution in [-0.4, -0.2) is 15.0 Å². The fraction of sp³-hybridized carbons (Fsp3) is 0.833. The van der Waals surface area contributed by atoms with Gasteiger partial charge in [-0.2, -0.15) is 0 Å². The molecule has 3 unspecified atom stereocenters. The van der Waals surface area contributed by atoms with E-state index in [1.54, 1.807) is 0 Å². The Hall–Kier alpha value is -0.900. The molecule has 1 aliphatic carbocycles. The van der Waals surface area contributed by atoms with Crippen LogP contribution >= 0.6 is 0 Å². The van der Waals surface area contributed by atoms with Gasteiger partial charge in [0.15, 0.2) is 0 Å². The van der Waals surface area contributed by atoms with Gasteiger partial charge in [0.1, 0.15) is 0 Å². The zero-order chi connectivity index (χ0) is 11.5. The lowest BCUT2D eigenvalue weighted by Crippen LogP contribution is -2.18. The van der Waals surface area contributed by atoms with Crippen LogP contribution in [0.1, 0.15) is 63.7 Å². The summed E-state index contributed by atoms with van der Waals surface area (Å²) in [6, 6.07) is 0.573. The molecular weight excluding hydrogens is 200 g/mol. The van der Waals surface area contributed by atoms with Crippen LogP contribution < -0.4 is 5.73 Å². The second kappa shape index (κ2) is 4.95. The summed E-state index contributed by atoms with van der Waals surface area (Å²) in [5, 5.41) is 8.41. The lowest BCUT2D eigenvalue weighted by molar-refractivity contribution is 0.263. The fourth-order valence-corrected chi connectivity index (χ4v) is 2.49. The Morgan fingerprint density at radius 1 is 1.56 bits per heavy atom. The van der Waals surface area contributed by atoms with Crippen molar-refractivity contribution >= 4 is 0 Å². The minimum atomic E-state index is 0.0368. The molecule has 0 spiro atoms. The Bertz CT molecular complexity index is 334. The monoisotopic (exact) mass is 222 g/mol. The molecule has 0 bridgehead atoms. The summed E-state index contributed by atoms with van der Waals surface area (Å²) in [6.45, 7) is 4.40. The topological polar surface area (TPSA) is 56.7 Å². The first kappa shape index (κ1) is 11.6. The van der Waals surface area contributed by atoms with Crippen LogP contribution in [0.3, 0.4) is 0 Å². The van der Waals surface area contributed by atoms with Gasteiger partial charge in [-0.05, 0) is 25.2 Å². The van der Waals surface area contributed by atoms with Crippen LogP contribution in [0.2, 0.25) is 0 Å². The van der Waals surface area contributed by atoms with Crippen LogP contribution in [0.15, 0.2) is 6.20 Å². The van der Waals surface area contributed by atoms with E-state index in [-0.39, 0.29) is 6.04 Å². The van der Waals surface area contributed by atoms with Crippen molar-refractivity contribution in [2.75, 3.05) is 0 Å². The number of hydrogen-bond donors (Lipinski definition) is 1. The average Bonchev–Trinajstić information content (AvgIpc) is 2.77. The molecule has 1 aromatic heterocycles. The molecule has 4 nitrogen and oxygen atoms in total. The summed E-state index contributed by atoms with van der Waals surface area (Å²) in [5.41, 5.74) is 6.88. The predicted octanol–water partition coefficient (Wildman–Crippen LogP) is 2.44. The van der Waals surface area contributed by atoms with Crippen LogP contribution in [0, 0.1) is 5.92 Å². The maximum absolute atomic E-state index is 5.95. The number of nitrogens with two attached hydrogens (primary N) is 1. The highest BCUT2D eigenvalue weighted by atomic mass is 15.4. The Kier molecular flexibility index (Phi) is 3.59. The lowest BCUT2D eigenvalue weighted by atomic mass is 9.87. The molecule has 16 heavy (non-hydrogen) atoms. The van der Waals surface area contributed by atoms with Crippen molar-refractivity contribution < 1.29 is 0 Å². The summed E-state index contributed by atoms with van der Waals surface area (Å²) in [5.74, 6) is 0.811. The van der Waals surface area contributed by atoms with Crippen LogP contribution in [0.25, 0.3) is 0 Å². The summed E-state index contributed by atoms with van der Waals surface area (Å²) in [7, 11) is 0. The van der Waals surface area contributed by atoms with Crippen molar-refractivity contribution in [1.82, 2.24) is 15.0 Å². The average molecular weight is 222 g/mol. The fourth-order valence-electron chi connectivity index (χ4n) is 2.49. The quantitative estimate of drug-likeness (QED) is 0.854. The summed E-state index contributed by atoms with van der Waals surface area (Å²) in [4.78, 5) is 0. The van der Waals surface area contributed by atoms with E-state index in [4.69, 9.17) is 5.73 Å². The molecule has 0 aromatic carbocycles. The van der Waals surface area contributed by atoms with Crippen molar-refractivity contribution in [2.24, 2.45) is 11.7 Å². The van der Waals surface area contributed by atoms with Gasteiger partial charge in [0.25, 0.3) is 0 Å². The first-order chi connectivity index (χ1) is 7.70. The third-order valence-corrected chi connectivity index (χ3v) is 3.63. The molecule has 1 aliphatic rings. The first-order valence-electron chi connectivity index (χ1n) is 6.38. The third kappa shape index (κ3) is 2.43. The minimum Gasteiger partial charge on any atom is -0.323 e. The summed E-state index contributed by atoms with van der Waals surface area (Å²) in [6.07, 6.45) is 8.07. The molecule has 1 heterocycles. The molecule has 3 atom stereocenters. The molecular formula is C12H22N4. The molecule has 1 aromatic rings. The highest BCUT2D eigenvalue weighted by Crippen LogP contribution is 2.31. The van der Waals surface area contributed by atoms with E-state index in [0.29, 0.717) is 6.04 Å².